The zero-order valence-corrected chi connectivity index (χ0v) is 16.6. The van der Waals surface area contributed by atoms with Crippen molar-refractivity contribution >= 4 is 16.7 Å². The number of hydrazine groups is 1. The summed E-state index contributed by atoms with van der Waals surface area (Å²) < 4.78 is 48.9. The third-order valence-corrected chi connectivity index (χ3v) is 4.67. The van der Waals surface area contributed by atoms with Crippen LogP contribution in [0.15, 0.2) is 36.4 Å². The van der Waals surface area contributed by atoms with Crippen LogP contribution in [0.3, 0.4) is 0 Å². The monoisotopic (exact) mass is 394 g/mol. The summed E-state index contributed by atoms with van der Waals surface area (Å²) in [7, 11) is 0. The Morgan fingerprint density at radius 1 is 1.11 bits per heavy atom. The highest BCUT2D eigenvalue weighted by Crippen LogP contribution is 2.47. The standard InChI is InChI=1S/C21H25F3N2O2/c1-19(2,3)28-17-14-9-7-6-8-13(14)10-11-15(17)18(21(22,23)24)26-20(4,5)12-16(27)25-26/h6-11,18H,12H2,1-5H3,(H,25,27)/t18-/m0/s1. The number of fused-ring (bicyclic) bond motifs is 1. The Labute approximate surface area is 162 Å². The van der Waals surface area contributed by atoms with Crippen LogP contribution >= 0.6 is 0 Å². The first-order chi connectivity index (χ1) is 12.8. The van der Waals surface area contributed by atoms with Gasteiger partial charge in [0.2, 0.25) is 5.91 Å². The molecule has 1 amide bonds. The average Bonchev–Trinajstić information content (AvgIpc) is 2.79. The molecule has 1 N–H and O–H groups in total. The van der Waals surface area contributed by atoms with Gasteiger partial charge in [0.1, 0.15) is 11.4 Å². The molecule has 0 bridgehead atoms. The maximum absolute atomic E-state index is 14.3. The Bertz CT molecular complexity index is 901. The number of alkyl halides is 3. The van der Waals surface area contributed by atoms with E-state index in [2.05, 4.69) is 5.43 Å². The van der Waals surface area contributed by atoms with Crippen molar-refractivity contribution in [3.63, 3.8) is 0 Å². The van der Waals surface area contributed by atoms with E-state index < -0.39 is 29.3 Å². The van der Waals surface area contributed by atoms with Gasteiger partial charge in [-0.25, -0.2) is 0 Å². The Hall–Kier alpha value is -2.28. The van der Waals surface area contributed by atoms with Crippen molar-refractivity contribution in [2.75, 3.05) is 0 Å². The molecule has 0 unspecified atom stereocenters. The van der Waals surface area contributed by atoms with Crippen LogP contribution in [0.25, 0.3) is 10.8 Å². The van der Waals surface area contributed by atoms with E-state index in [1.54, 1.807) is 52.8 Å². The van der Waals surface area contributed by atoms with Crippen LogP contribution in [0.4, 0.5) is 13.2 Å². The molecular weight excluding hydrogens is 369 g/mol. The van der Waals surface area contributed by atoms with Crippen LogP contribution in [-0.4, -0.2) is 28.2 Å². The van der Waals surface area contributed by atoms with E-state index in [1.165, 1.54) is 6.07 Å². The number of hydrogen-bond acceptors (Lipinski definition) is 3. The van der Waals surface area contributed by atoms with E-state index in [-0.39, 0.29) is 17.7 Å². The van der Waals surface area contributed by atoms with Gasteiger partial charge in [-0.3, -0.25) is 10.2 Å². The lowest BCUT2D eigenvalue weighted by molar-refractivity contribution is -0.204. The van der Waals surface area contributed by atoms with Crippen molar-refractivity contribution < 1.29 is 22.7 Å². The number of carbonyl (C=O) groups is 1. The van der Waals surface area contributed by atoms with E-state index in [9.17, 15) is 18.0 Å². The first kappa shape index (κ1) is 20.5. The van der Waals surface area contributed by atoms with Gasteiger partial charge in [0.05, 0.1) is 0 Å². The predicted molar refractivity (Wildman–Crippen MR) is 102 cm³/mol. The molecule has 2 aromatic rings. The summed E-state index contributed by atoms with van der Waals surface area (Å²) in [4.78, 5) is 11.9. The first-order valence-corrected chi connectivity index (χ1v) is 9.16. The number of carbonyl (C=O) groups excluding carboxylic acids is 1. The minimum Gasteiger partial charge on any atom is -0.487 e. The summed E-state index contributed by atoms with van der Waals surface area (Å²) >= 11 is 0. The van der Waals surface area contributed by atoms with Gasteiger partial charge in [-0.2, -0.15) is 18.2 Å². The highest BCUT2D eigenvalue weighted by Gasteiger charge is 2.54. The summed E-state index contributed by atoms with van der Waals surface area (Å²) in [6, 6.07) is 8.25. The van der Waals surface area contributed by atoms with Crippen molar-refractivity contribution in [1.82, 2.24) is 10.4 Å². The second-order valence-electron chi connectivity index (χ2n) is 8.76. The molecule has 4 nitrogen and oxygen atoms in total. The lowest BCUT2D eigenvalue weighted by atomic mass is 9.94. The molecule has 1 heterocycles. The molecule has 1 fully saturated rings. The number of hydrogen-bond donors (Lipinski definition) is 1. The van der Waals surface area contributed by atoms with Crippen molar-refractivity contribution in [2.45, 2.75) is 64.4 Å². The molecule has 3 rings (SSSR count). The van der Waals surface area contributed by atoms with E-state index in [0.717, 1.165) is 10.4 Å². The molecule has 0 saturated carbocycles. The SMILES string of the molecule is CC(C)(C)Oc1c([C@H](N2NC(=O)CC2(C)C)C(F)(F)F)ccc2ccccc12. The lowest BCUT2D eigenvalue weighted by Crippen LogP contribution is -2.51. The fourth-order valence-corrected chi connectivity index (χ4v) is 3.57. The smallest absolute Gasteiger partial charge is 0.410 e. The summed E-state index contributed by atoms with van der Waals surface area (Å²) in [5.74, 6) is -0.247. The van der Waals surface area contributed by atoms with E-state index >= 15 is 0 Å². The molecule has 1 atom stereocenters. The molecular formula is C21H25F3N2O2. The van der Waals surface area contributed by atoms with Crippen LogP contribution < -0.4 is 10.2 Å². The van der Waals surface area contributed by atoms with E-state index in [4.69, 9.17) is 4.74 Å². The van der Waals surface area contributed by atoms with E-state index in [1.807, 2.05) is 12.1 Å². The average molecular weight is 394 g/mol. The third-order valence-electron chi connectivity index (χ3n) is 4.67. The minimum absolute atomic E-state index is 0.0113. The van der Waals surface area contributed by atoms with E-state index in [0.29, 0.717) is 5.39 Å². The second kappa shape index (κ2) is 6.65. The van der Waals surface area contributed by atoms with Gasteiger partial charge in [-0.15, -0.1) is 0 Å². The summed E-state index contributed by atoms with van der Waals surface area (Å²) in [6.45, 7) is 8.62. The molecule has 0 aliphatic carbocycles. The zero-order valence-electron chi connectivity index (χ0n) is 16.6. The Kier molecular flexibility index (Phi) is 4.86. The maximum Gasteiger partial charge on any atom is 0.410 e. The molecule has 1 aliphatic rings. The van der Waals surface area contributed by atoms with Crippen LogP contribution in [0.1, 0.15) is 52.6 Å². The molecule has 0 aromatic heterocycles. The second-order valence-corrected chi connectivity index (χ2v) is 8.76. The van der Waals surface area contributed by atoms with Crippen LogP contribution in [0, 0.1) is 0 Å². The molecule has 152 valence electrons. The summed E-state index contributed by atoms with van der Waals surface area (Å²) in [5, 5.41) is 2.40. The van der Waals surface area contributed by atoms with Gasteiger partial charge in [-0.05, 0) is 40.0 Å². The number of nitrogens with one attached hydrogen (secondary N) is 1. The molecule has 0 spiro atoms. The van der Waals surface area contributed by atoms with Crippen molar-refractivity contribution in [3.8, 4) is 5.75 Å². The third kappa shape index (κ3) is 3.94. The fourth-order valence-electron chi connectivity index (χ4n) is 3.57. The normalized spacial score (nSPS) is 18.9. The highest BCUT2D eigenvalue weighted by molar-refractivity contribution is 5.90. The quantitative estimate of drug-likeness (QED) is 0.784. The Morgan fingerprint density at radius 3 is 2.29 bits per heavy atom. The molecule has 1 saturated heterocycles. The molecule has 28 heavy (non-hydrogen) atoms. The number of amides is 1. The largest absolute Gasteiger partial charge is 0.487 e. The number of nitrogens with zero attached hydrogens (tertiary/aromatic N) is 1. The zero-order chi connectivity index (χ0) is 20.9. The van der Waals surface area contributed by atoms with Crippen molar-refractivity contribution in [1.29, 1.82) is 0 Å². The van der Waals surface area contributed by atoms with Gasteiger partial charge in [0.25, 0.3) is 0 Å². The molecule has 1 aliphatic heterocycles. The Balaban J connectivity index is 2.26. The predicted octanol–water partition coefficient (Wildman–Crippen LogP) is 5.14. The van der Waals surface area contributed by atoms with Gasteiger partial charge in [-0.1, -0.05) is 36.4 Å². The molecule has 7 heteroatoms. The topological polar surface area (TPSA) is 41.6 Å². The van der Waals surface area contributed by atoms with Gasteiger partial charge in [0, 0.05) is 22.9 Å². The van der Waals surface area contributed by atoms with Crippen LogP contribution in [0.5, 0.6) is 5.75 Å². The number of rotatable bonds is 3. The van der Waals surface area contributed by atoms with Gasteiger partial charge >= 0.3 is 6.18 Å². The van der Waals surface area contributed by atoms with Gasteiger partial charge in [0.15, 0.2) is 6.04 Å². The van der Waals surface area contributed by atoms with Crippen LogP contribution in [0.2, 0.25) is 0 Å². The number of halogens is 3. The fraction of sp³-hybridized carbons (Fsp3) is 0.476. The first-order valence-electron chi connectivity index (χ1n) is 9.16. The summed E-state index contributed by atoms with van der Waals surface area (Å²) in [6.07, 6.45) is -4.63. The summed E-state index contributed by atoms with van der Waals surface area (Å²) in [5.41, 5.74) is 0.695. The maximum atomic E-state index is 14.3. The number of ether oxygens (including phenoxy) is 1. The van der Waals surface area contributed by atoms with Crippen molar-refractivity contribution in [3.05, 3.63) is 42.0 Å². The van der Waals surface area contributed by atoms with Crippen molar-refractivity contribution in [2.24, 2.45) is 0 Å². The minimum atomic E-state index is -4.62. The van der Waals surface area contributed by atoms with Crippen LogP contribution in [-0.2, 0) is 4.79 Å². The van der Waals surface area contributed by atoms with Gasteiger partial charge < -0.3 is 4.74 Å². The Morgan fingerprint density at radius 2 is 1.75 bits per heavy atom. The highest BCUT2D eigenvalue weighted by atomic mass is 19.4. The lowest BCUT2D eigenvalue weighted by Gasteiger charge is -2.39. The number of benzene rings is 2. The molecule has 0 radical (unpaired) electrons. The molecule has 2 aromatic carbocycles.